The first-order valence-corrected chi connectivity index (χ1v) is 6.41. The normalized spacial score (nSPS) is 18.5. The van der Waals surface area contributed by atoms with E-state index in [4.69, 9.17) is 5.11 Å². The van der Waals surface area contributed by atoms with Crippen molar-refractivity contribution in [1.29, 1.82) is 0 Å². The first-order valence-electron chi connectivity index (χ1n) is 6.41. The molecule has 7 nitrogen and oxygen atoms in total. The lowest BCUT2D eigenvalue weighted by Gasteiger charge is -2.21. The maximum absolute atomic E-state index is 11.9. The van der Waals surface area contributed by atoms with Crippen molar-refractivity contribution in [3.63, 3.8) is 0 Å². The highest BCUT2D eigenvalue weighted by Crippen LogP contribution is 2.17. The third-order valence-electron chi connectivity index (χ3n) is 3.23. The van der Waals surface area contributed by atoms with E-state index >= 15 is 0 Å². The summed E-state index contributed by atoms with van der Waals surface area (Å²) in [6, 6.07) is -0.954. The van der Waals surface area contributed by atoms with Crippen LogP contribution < -0.4 is 5.32 Å². The van der Waals surface area contributed by atoms with Crippen LogP contribution >= 0.6 is 0 Å². The van der Waals surface area contributed by atoms with Gasteiger partial charge in [-0.05, 0) is 19.3 Å². The van der Waals surface area contributed by atoms with Crippen LogP contribution in [0.1, 0.15) is 19.3 Å². The molecule has 0 unspecified atom stereocenters. The fourth-order valence-electron chi connectivity index (χ4n) is 2.24. The number of hydrogen-bond acceptors (Lipinski definition) is 3. The minimum atomic E-state index is -0.925. The molecule has 1 atom stereocenters. The summed E-state index contributed by atoms with van der Waals surface area (Å²) < 4.78 is 1.93. The van der Waals surface area contributed by atoms with Crippen LogP contribution in [0.25, 0.3) is 0 Å². The molecule has 1 aromatic heterocycles. The van der Waals surface area contributed by atoms with E-state index in [2.05, 4.69) is 10.3 Å². The number of carbonyl (C=O) groups is 2. The Morgan fingerprint density at radius 3 is 3.00 bits per heavy atom. The molecular weight excluding hydrogens is 248 g/mol. The predicted molar refractivity (Wildman–Crippen MR) is 67.6 cm³/mol. The Balaban J connectivity index is 1.70. The molecule has 1 saturated heterocycles. The molecule has 2 N–H and O–H groups in total. The van der Waals surface area contributed by atoms with Crippen molar-refractivity contribution in [2.45, 2.75) is 31.8 Å². The van der Waals surface area contributed by atoms with Crippen LogP contribution in [0.4, 0.5) is 4.79 Å². The molecule has 1 fully saturated rings. The van der Waals surface area contributed by atoms with Gasteiger partial charge in [-0.25, -0.2) is 14.6 Å². The Labute approximate surface area is 111 Å². The number of carboxylic acid groups (broad SMARTS) is 1. The van der Waals surface area contributed by atoms with Crippen molar-refractivity contribution in [2.24, 2.45) is 0 Å². The van der Waals surface area contributed by atoms with Gasteiger partial charge in [0.05, 0.1) is 6.33 Å². The maximum Gasteiger partial charge on any atom is 0.326 e. The Morgan fingerprint density at radius 2 is 2.32 bits per heavy atom. The Hall–Kier alpha value is -2.05. The van der Waals surface area contributed by atoms with Gasteiger partial charge in [0, 0.05) is 32.0 Å². The second kappa shape index (κ2) is 6.21. The number of nitrogens with one attached hydrogen (secondary N) is 1. The van der Waals surface area contributed by atoms with Crippen molar-refractivity contribution in [1.82, 2.24) is 19.8 Å². The molecule has 1 aromatic rings. The number of carboxylic acids is 1. The predicted octanol–water partition coefficient (Wildman–Crippen LogP) is 0.532. The SMILES string of the molecule is O=C(O)[C@H]1CCCN1C(=O)NCCCn1ccnc1. The number of imidazole rings is 1. The van der Waals surface area contributed by atoms with Crippen molar-refractivity contribution in [2.75, 3.05) is 13.1 Å². The Kier molecular flexibility index (Phi) is 4.38. The second-order valence-electron chi connectivity index (χ2n) is 4.58. The number of rotatable bonds is 5. The third kappa shape index (κ3) is 3.46. The highest BCUT2D eigenvalue weighted by atomic mass is 16.4. The lowest BCUT2D eigenvalue weighted by atomic mass is 10.2. The summed E-state index contributed by atoms with van der Waals surface area (Å²) in [5.41, 5.74) is 0. The van der Waals surface area contributed by atoms with E-state index < -0.39 is 12.0 Å². The maximum atomic E-state index is 11.9. The standard InChI is InChI=1S/C12H18N4O3/c17-11(18)10-3-1-7-16(10)12(19)14-4-2-6-15-8-5-13-9-15/h5,8-10H,1-4,6-7H2,(H,14,19)(H,17,18)/t10-/m1/s1. The van der Waals surface area contributed by atoms with Gasteiger partial charge in [0.25, 0.3) is 0 Å². The minimum absolute atomic E-state index is 0.282. The van der Waals surface area contributed by atoms with E-state index in [0.717, 1.165) is 19.4 Å². The number of hydrogen-bond donors (Lipinski definition) is 2. The summed E-state index contributed by atoms with van der Waals surface area (Å²) in [7, 11) is 0. The lowest BCUT2D eigenvalue weighted by molar-refractivity contribution is -0.141. The monoisotopic (exact) mass is 266 g/mol. The molecule has 0 radical (unpaired) electrons. The molecular formula is C12H18N4O3. The molecule has 0 saturated carbocycles. The molecule has 7 heteroatoms. The molecule has 0 spiro atoms. The molecule has 1 aliphatic rings. The van der Waals surface area contributed by atoms with Crippen molar-refractivity contribution < 1.29 is 14.7 Å². The van der Waals surface area contributed by atoms with Gasteiger partial charge in [-0.3, -0.25) is 0 Å². The van der Waals surface area contributed by atoms with Gasteiger partial charge in [-0.1, -0.05) is 0 Å². The fraction of sp³-hybridized carbons (Fsp3) is 0.583. The minimum Gasteiger partial charge on any atom is -0.480 e. The van der Waals surface area contributed by atoms with Gasteiger partial charge in [-0.15, -0.1) is 0 Å². The van der Waals surface area contributed by atoms with E-state index in [9.17, 15) is 9.59 Å². The first-order chi connectivity index (χ1) is 9.18. The van der Waals surface area contributed by atoms with E-state index in [1.165, 1.54) is 4.90 Å². The van der Waals surface area contributed by atoms with Crippen LogP contribution in [0, 0.1) is 0 Å². The smallest absolute Gasteiger partial charge is 0.326 e. The van der Waals surface area contributed by atoms with Gasteiger partial charge in [0.1, 0.15) is 6.04 Å². The zero-order valence-corrected chi connectivity index (χ0v) is 10.7. The highest BCUT2D eigenvalue weighted by molar-refractivity contribution is 5.83. The summed E-state index contributed by atoms with van der Waals surface area (Å²) in [5.74, 6) is -0.925. The quantitative estimate of drug-likeness (QED) is 0.761. The van der Waals surface area contributed by atoms with Gasteiger partial charge in [0.2, 0.25) is 0 Å². The van der Waals surface area contributed by atoms with Gasteiger partial charge < -0.3 is 19.9 Å². The summed E-state index contributed by atoms with van der Waals surface area (Å²) in [4.78, 5) is 28.2. The van der Waals surface area contributed by atoms with E-state index in [0.29, 0.717) is 19.5 Å². The molecule has 0 bridgehead atoms. The summed E-state index contributed by atoms with van der Waals surface area (Å²) in [6.07, 6.45) is 7.37. The number of likely N-dealkylation sites (tertiary alicyclic amines) is 1. The fourth-order valence-corrected chi connectivity index (χ4v) is 2.24. The average molecular weight is 266 g/mol. The van der Waals surface area contributed by atoms with Crippen LogP contribution in [0.5, 0.6) is 0 Å². The summed E-state index contributed by atoms with van der Waals surface area (Å²) in [5, 5.41) is 11.8. The molecule has 104 valence electrons. The van der Waals surface area contributed by atoms with Gasteiger partial charge in [0.15, 0.2) is 0 Å². The molecule has 2 amide bonds. The topological polar surface area (TPSA) is 87.5 Å². The van der Waals surface area contributed by atoms with Crippen LogP contribution in [0.15, 0.2) is 18.7 Å². The van der Waals surface area contributed by atoms with Crippen molar-refractivity contribution >= 4 is 12.0 Å². The van der Waals surface area contributed by atoms with E-state index in [1.807, 2.05) is 10.8 Å². The third-order valence-corrected chi connectivity index (χ3v) is 3.23. The first kappa shape index (κ1) is 13.4. The Bertz CT molecular complexity index is 432. The molecule has 0 aromatic carbocycles. The van der Waals surface area contributed by atoms with Crippen molar-refractivity contribution in [3.05, 3.63) is 18.7 Å². The average Bonchev–Trinajstić information content (AvgIpc) is 3.04. The van der Waals surface area contributed by atoms with Crippen LogP contribution in [-0.4, -0.2) is 50.7 Å². The summed E-state index contributed by atoms with van der Waals surface area (Å²) in [6.45, 7) is 1.83. The van der Waals surface area contributed by atoms with Crippen LogP contribution in [0.2, 0.25) is 0 Å². The molecule has 19 heavy (non-hydrogen) atoms. The number of urea groups is 1. The second-order valence-corrected chi connectivity index (χ2v) is 4.58. The van der Waals surface area contributed by atoms with Crippen molar-refractivity contribution in [3.8, 4) is 0 Å². The molecule has 1 aliphatic heterocycles. The van der Waals surface area contributed by atoms with Gasteiger partial charge in [-0.2, -0.15) is 0 Å². The van der Waals surface area contributed by atoms with E-state index in [-0.39, 0.29) is 6.03 Å². The van der Waals surface area contributed by atoms with Crippen LogP contribution in [0.3, 0.4) is 0 Å². The number of aliphatic carboxylic acids is 1. The number of carbonyl (C=O) groups excluding carboxylic acids is 1. The zero-order valence-electron chi connectivity index (χ0n) is 10.7. The van der Waals surface area contributed by atoms with E-state index in [1.54, 1.807) is 12.5 Å². The molecule has 2 rings (SSSR count). The largest absolute Gasteiger partial charge is 0.480 e. The molecule has 2 heterocycles. The van der Waals surface area contributed by atoms with Crippen LogP contribution in [-0.2, 0) is 11.3 Å². The highest BCUT2D eigenvalue weighted by Gasteiger charge is 2.33. The zero-order chi connectivity index (χ0) is 13.7. The lowest BCUT2D eigenvalue weighted by Crippen LogP contribution is -2.46. The molecule has 0 aliphatic carbocycles. The number of amides is 2. The van der Waals surface area contributed by atoms with Gasteiger partial charge >= 0.3 is 12.0 Å². The number of aryl methyl sites for hydroxylation is 1. The number of aromatic nitrogens is 2. The Morgan fingerprint density at radius 1 is 1.47 bits per heavy atom. The summed E-state index contributed by atoms with van der Waals surface area (Å²) >= 11 is 0. The number of nitrogens with zero attached hydrogens (tertiary/aromatic N) is 3.